The number of para-hydroxylation sites is 1. The molecule has 8 nitrogen and oxygen atoms in total. The van der Waals surface area contributed by atoms with Gasteiger partial charge in [0, 0.05) is 18.2 Å². The van der Waals surface area contributed by atoms with Crippen LogP contribution in [0.4, 0.5) is 11.5 Å². The number of hydrogen-bond donors (Lipinski definition) is 2. The van der Waals surface area contributed by atoms with E-state index < -0.39 is 0 Å². The van der Waals surface area contributed by atoms with E-state index in [0.29, 0.717) is 34.9 Å². The van der Waals surface area contributed by atoms with Gasteiger partial charge >= 0.3 is 0 Å². The van der Waals surface area contributed by atoms with Crippen LogP contribution < -0.4 is 15.5 Å². The van der Waals surface area contributed by atoms with Gasteiger partial charge in [0.15, 0.2) is 5.82 Å². The van der Waals surface area contributed by atoms with E-state index in [1.807, 2.05) is 43.3 Å². The second-order valence-corrected chi connectivity index (χ2v) is 7.94. The number of hydrazone groups is 1. The molecular formula is C24H20N6O2S. The van der Waals surface area contributed by atoms with Crippen molar-refractivity contribution >= 4 is 45.2 Å². The van der Waals surface area contributed by atoms with Crippen molar-refractivity contribution in [2.24, 2.45) is 5.10 Å². The Morgan fingerprint density at radius 2 is 2.00 bits per heavy atom. The minimum atomic E-state index is -0.123. The van der Waals surface area contributed by atoms with Gasteiger partial charge in [-0.3, -0.25) is 10.2 Å². The Balaban J connectivity index is 1.64. The first-order valence-electron chi connectivity index (χ1n) is 10.2. The fourth-order valence-corrected chi connectivity index (χ4v) is 4.42. The van der Waals surface area contributed by atoms with Crippen molar-refractivity contribution in [2.45, 2.75) is 13.8 Å². The summed E-state index contributed by atoms with van der Waals surface area (Å²) in [6.07, 6.45) is 3.06. The lowest BCUT2D eigenvalue weighted by molar-refractivity contribution is -0.114. The van der Waals surface area contributed by atoms with Crippen molar-refractivity contribution in [3.8, 4) is 22.3 Å². The number of amides is 1. The average Bonchev–Trinajstić information content (AvgIpc) is 3.20. The molecule has 4 rings (SSSR count). The summed E-state index contributed by atoms with van der Waals surface area (Å²) in [7, 11) is 0. The lowest BCUT2D eigenvalue weighted by Crippen LogP contribution is -2.05. The van der Waals surface area contributed by atoms with Crippen LogP contribution in [0, 0.1) is 11.3 Å². The third kappa shape index (κ3) is 4.81. The number of thiophene rings is 1. The van der Waals surface area contributed by atoms with Gasteiger partial charge in [-0.1, -0.05) is 24.3 Å². The lowest BCUT2D eigenvalue weighted by Gasteiger charge is -2.08. The van der Waals surface area contributed by atoms with Crippen molar-refractivity contribution in [3.63, 3.8) is 0 Å². The van der Waals surface area contributed by atoms with Crippen LogP contribution in [0.1, 0.15) is 25.0 Å². The molecule has 0 atom stereocenters. The predicted octanol–water partition coefficient (Wildman–Crippen LogP) is 5.03. The van der Waals surface area contributed by atoms with E-state index in [1.165, 1.54) is 24.6 Å². The number of hydrogen-bond acceptors (Lipinski definition) is 8. The molecule has 2 heterocycles. The summed E-state index contributed by atoms with van der Waals surface area (Å²) in [6.45, 7) is 3.91. The van der Waals surface area contributed by atoms with Crippen LogP contribution in [-0.2, 0) is 4.79 Å². The highest BCUT2D eigenvalue weighted by atomic mass is 32.1. The minimum absolute atomic E-state index is 0.123. The molecule has 33 heavy (non-hydrogen) atoms. The molecule has 9 heteroatoms. The Hall–Kier alpha value is -4.29. The van der Waals surface area contributed by atoms with E-state index in [2.05, 4.69) is 31.9 Å². The molecule has 2 aromatic carbocycles. The average molecular weight is 457 g/mol. The Morgan fingerprint density at radius 1 is 1.21 bits per heavy atom. The SMILES string of the molecule is CCOc1ccccc1-c1sc2c(NN=Cc3ccc(NC(C)=O)cc3)ncnc2c1C#N. The summed E-state index contributed by atoms with van der Waals surface area (Å²) in [6, 6.07) is 17.2. The van der Waals surface area contributed by atoms with Crippen LogP contribution in [0.25, 0.3) is 20.7 Å². The Kier molecular flexibility index (Phi) is 6.57. The van der Waals surface area contributed by atoms with Crippen LogP contribution in [0.3, 0.4) is 0 Å². The van der Waals surface area contributed by atoms with Gasteiger partial charge in [0.2, 0.25) is 5.91 Å². The first kappa shape index (κ1) is 21.9. The number of nitrogens with one attached hydrogen (secondary N) is 2. The molecule has 0 aliphatic heterocycles. The van der Waals surface area contributed by atoms with E-state index in [-0.39, 0.29) is 5.91 Å². The second kappa shape index (κ2) is 9.89. The number of fused-ring (bicyclic) bond motifs is 1. The molecule has 0 spiro atoms. The van der Waals surface area contributed by atoms with E-state index >= 15 is 0 Å². The Bertz CT molecular complexity index is 1370. The third-order valence-electron chi connectivity index (χ3n) is 4.63. The van der Waals surface area contributed by atoms with Crippen molar-refractivity contribution in [3.05, 3.63) is 66.0 Å². The molecule has 164 valence electrons. The molecule has 2 aromatic heterocycles. The van der Waals surface area contributed by atoms with Crippen LogP contribution in [0.5, 0.6) is 5.75 Å². The number of carbonyl (C=O) groups is 1. The molecule has 0 fully saturated rings. The third-order valence-corrected chi connectivity index (χ3v) is 5.85. The Morgan fingerprint density at radius 3 is 2.73 bits per heavy atom. The normalized spacial score (nSPS) is 10.8. The van der Waals surface area contributed by atoms with Crippen molar-refractivity contribution in [2.75, 3.05) is 17.3 Å². The van der Waals surface area contributed by atoms with E-state index in [0.717, 1.165) is 20.7 Å². The highest BCUT2D eigenvalue weighted by Crippen LogP contribution is 2.43. The summed E-state index contributed by atoms with van der Waals surface area (Å²) < 4.78 is 6.49. The maximum absolute atomic E-state index is 11.1. The van der Waals surface area contributed by atoms with Gasteiger partial charge in [-0.05, 0) is 36.8 Å². The molecule has 2 N–H and O–H groups in total. The number of anilines is 2. The van der Waals surface area contributed by atoms with Gasteiger partial charge in [-0.2, -0.15) is 10.4 Å². The monoisotopic (exact) mass is 456 g/mol. The predicted molar refractivity (Wildman–Crippen MR) is 131 cm³/mol. The van der Waals surface area contributed by atoms with Crippen LogP contribution >= 0.6 is 11.3 Å². The second-order valence-electron chi connectivity index (χ2n) is 6.92. The highest BCUT2D eigenvalue weighted by molar-refractivity contribution is 7.23. The number of rotatable bonds is 7. The van der Waals surface area contributed by atoms with Crippen molar-refractivity contribution in [1.82, 2.24) is 9.97 Å². The molecule has 4 aromatic rings. The zero-order valence-electron chi connectivity index (χ0n) is 18.0. The molecule has 0 radical (unpaired) electrons. The number of nitrogens with zero attached hydrogens (tertiary/aromatic N) is 4. The quantitative estimate of drug-likeness (QED) is 0.298. The highest BCUT2D eigenvalue weighted by Gasteiger charge is 2.20. The summed E-state index contributed by atoms with van der Waals surface area (Å²) in [4.78, 5) is 20.6. The number of nitriles is 1. The van der Waals surface area contributed by atoms with Crippen LogP contribution in [0.2, 0.25) is 0 Å². The molecule has 0 unspecified atom stereocenters. The number of ether oxygens (including phenoxy) is 1. The van der Waals surface area contributed by atoms with E-state index in [1.54, 1.807) is 18.3 Å². The molecule has 0 saturated carbocycles. The van der Waals surface area contributed by atoms with Crippen molar-refractivity contribution in [1.29, 1.82) is 5.26 Å². The summed E-state index contributed by atoms with van der Waals surface area (Å²) in [5, 5.41) is 16.9. The fraction of sp³-hybridized carbons (Fsp3) is 0.125. The first-order chi connectivity index (χ1) is 16.1. The zero-order valence-corrected chi connectivity index (χ0v) is 18.8. The molecular weight excluding hydrogens is 436 g/mol. The van der Waals surface area contributed by atoms with E-state index in [9.17, 15) is 10.1 Å². The van der Waals surface area contributed by atoms with E-state index in [4.69, 9.17) is 4.74 Å². The molecule has 0 aliphatic carbocycles. The number of carbonyl (C=O) groups excluding carboxylic acids is 1. The largest absolute Gasteiger partial charge is 0.493 e. The van der Waals surface area contributed by atoms with Gasteiger partial charge in [0.25, 0.3) is 0 Å². The van der Waals surface area contributed by atoms with Gasteiger partial charge in [-0.15, -0.1) is 11.3 Å². The maximum Gasteiger partial charge on any atom is 0.221 e. The molecule has 0 aliphatic rings. The summed E-state index contributed by atoms with van der Waals surface area (Å²) >= 11 is 1.42. The first-order valence-corrected chi connectivity index (χ1v) is 11.0. The molecule has 0 bridgehead atoms. The smallest absolute Gasteiger partial charge is 0.221 e. The topological polar surface area (TPSA) is 112 Å². The molecule has 1 amide bonds. The molecule has 0 saturated heterocycles. The van der Waals surface area contributed by atoms with Crippen molar-refractivity contribution < 1.29 is 9.53 Å². The summed E-state index contributed by atoms with van der Waals surface area (Å²) in [5.74, 6) is 1.10. The number of benzene rings is 2. The standard InChI is InChI=1S/C24H20N6O2S/c1-3-32-20-7-5-4-6-18(20)22-19(12-25)21-23(33-22)24(27-14-26-21)30-28-13-16-8-10-17(11-9-16)29-15(2)31/h4-11,13-14H,3H2,1-2H3,(H,29,31)(H,26,27,30). The lowest BCUT2D eigenvalue weighted by atomic mass is 10.1. The zero-order chi connectivity index (χ0) is 23.2. The van der Waals surface area contributed by atoms with Gasteiger partial charge in [0.05, 0.1) is 28.0 Å². The van der Waals surface area contributed by atoms with Gasteiger partial charge in [-0.25, -0.2) is 9.97 Å². The Labute approximate surface area is 194 Å². The maximum atomic E-state index is 11.1. The summed E-state index contributed by atoms with van der Waals surface area (Å²) in [5.41, 5.74) is 6.40. The van der Waals surface area contributed by atoms with Gasteiger partial charge in [0.1, 0.15) is 23.7 Å². The van der Waals surface area contributed by atoms with Gasteiger partial charge < -0.3 is 10.1 Å². The van der Waals surface area contributed by atoms with Crippen LogP contribution in [0.15, 0.2) is 60.0 Å². The fourth-order valence-electron chi connectivity index (χ4n) is 3.24. The van der Waals surface area contributed by atoms with Crippen LogP contribution in [-0.4, -0.2) is 28.7 Å². The number of aromatic nitrogens is 2. The minimum Gasteiger partial charge on any atom is -0.493 e.